The van der Waals surface area contributed by atoms with Crippen molar-refractivity contribution in [3.05, 3.63) is 84.8 Å². The van der Waals surface area contributed by atoms with Gasteiger partial charge in [-0.2, -0.15) is 9.78 Å². The van der Waals surface area contributed by atoms with E-state index in [0.717, 1.165) is 21.3 Å². The Kier molecular flexibility index (Phi) is 6.97. The van der Waals surface area contributed by atoms with Gasteiger partial charge in [-0.15, -0.1) is 0 Å². The first-order valence-corrected chi connectivity index (χ1v) is 12.7. The monoisotopic (exact) mass is 613 g/mol. The molecule has 36 heavy (non-hydrogen) atoms. The second-order valence-electron chi connectivity index (χ2n) is 7.92. The normalized spacial score (nSPS) is 12.4. The Bertz CT molecular complexity index is 1550. The number of aryl methyl sites for hydroxylation is 1. The fourth-order valence-corrected chi connectivity index (χ4v) is 4.71. The van der Waals surface area contributed by atoms with E-state index in [1.807, 2.05) is 43.3 Å². The predicted octanol–water partition coefficient (Wildman–Crippen LogP) is 5.82. The highest BCUT2D eigenvalue weighted by Gasteiger charge is 2.16. The highest BCUT2D eigenvalue weighted by molar-refractivity contribution is 9.10. The summed E-state index contributed by atoms with van der Waals surface area (Å²) in [7, 11) is 0. The van der Waals surface area contributed by atoms with Crippen molar-refractivity contribution in [1.82, 2.24) is 9.66 Å². The van der Waals surface area contributed by atoms with E-state index in [-0.39, 0.29) is 12.4 Å². The molecule has 0 N–H and O–H groups in total. The van der Waals surface area contributed by atoms with Crippen LogP contribution >= 0.6 is 31.9 Å². The lowest BCUT2D eigenvalue weighted by atomic mass is 10.2. The average Bonchev–Trinajstić information content (AvgIpc) is 3.32. The minimum Gasteiger partial charge on any atom is -0.490 e. The Hall–Kier alpha value is -3.37. The lowest BCUT2D eigenvalue weighted by molar-refractivity contribution is 0.174. The SMILES string of the molecule is CCOc1cc(C=Nn2c(C)nc3ccc(Br)cc3c2=O)cc(Br)c1OCc1ccc2c(c1)OCO2. The molecule has 1 aromatic heterocycles. The molecule has 3 aromatic carbocycles. The van der Waals surface area contributed by atoms with Crippen molar-refractivity contribution in [3.63, 3.8) is 0 Å². The number of hydrogen-bond acceptors (Lipinski definition) is 7. The van der Waals surface area contributed by atoms with Gasteiger partial charge in [0.15, 0.2) is 23.0 Å². The van der Waals surface area contributed by atoms with Gasteiger partial charge in [-0.25, -0.2) is 4.98 Å². The van der Waals surface area contributed by atoms with E-state index < -0.39 is 0 Å². The molecule has 0 fully saturated rings. The lowest BCUT2D eigenvalue weighted by Gasteiger charge is -2.15. The van der Waals surface area contributed by atoms with Gasteiger partial charge < -0.3 is 18.9 Å². The number of rotatable bonds is 7. The van der Waals surface area contributed by atoms with Crippen LogP contribution in [0.5, 0.6) is 23.0 Å². The topological polar surface area (TPSA) is 84.2 Å². The standard InChI is InChI=1S/C26H21Br2N3O5/c1-3-33-24-10-17(12-29-31-15(2)30-21-6-5-18(27)11-19(21)26(31)32)8-20(28)25(24)34-13-16-4-7-22-23(9-16)36-14-35-22/h4-12H,3,13-14H2,1-2H3. The van der Waals surface area contributed by atoms with Crippen molar-refractivity contribution in [3.8, 4) is 23.0 Å². The van der Waals surface area contributed by atoms with Gasteiger partial charge in [-0.1, -0.05) is 22.0 Å². The fraction of sp³-hybridized carbons (Fsp3) is 0.192. The van der Waals surface area contributed by atoms with Gasteiger partial charge >= 0.3 is 0 Å². The van der Waals surface area contributed by atoms with Crippen molar-refractivity contribution in [2.45, 2.75) is 20.5 Å². The number of nitrogens with zero attached hydrogens (tertiary/aromatic N) is 3. The number of halogens is 2. The molecule has 1 aliphatic heterocycles. The molecule has 0 saturated heterocycles. The smallest absolute Gasteiger partial charge is 0.282 e. The van der Waals surface area contributed by atoms with Crippen LogP contribution in [0.2, 0.25) is 0 Å². The van der Waals surface area contributed by atoms with E-state index in [2.05, 4.69) is 41.9 Å². The van der Waals surface area contributed by atoms with Crippen LogP contribution < -0.4 is 24.5 Å². The van der Waals surface area contributed by atoms with Gasteiger partial charge in [-0.05, 0) is 83.4 Å². The van der Waals surface area contributed by atoms with Crippen LogP contribution in [-0.4, -0.2) is 29.3 Å². The average molecular weight is 615 g/mol. The van der Waals surface area contributed by atoms with Crippen molar-refractivity contribution < 1.29 is 18.9 Å². The zero-order chi connectivity index (χ0) is 25.2. The summed E-state index contributed by atoms with van der Waals surface area (Å²) >= 11 is 7.00. The van der Waals surface area contributed by atoms with E-state index in [1.165, 1.54) is 4.68 Å². The van der Waals surface area contributed by atoms with Crippen LogP contribution in [0.25, 0.3) is 10.9 Å². The van der Waals surface area contributed by atoms with Crippen LogP contribution in [0.1, 0.15) is 23.9 Å². The maximum atomic E-state index is 13.0. The maximum Gasteiger partial charge on any atom is 0.282 e. The van der Waals surface area contributed by atoms with Gasteiger partial charge in [0, 0.05) is 4.47 Å². The molecule has 2 heterocycles. The molecule has 0 amide bonds. The third-order valence-corrected chi connectivity index (χ3v) is 6.53. The Morgan fingerprint density at radius 3 is 2.75 bits per heavy atom. The zero-order valence-corrected chi connectivity index (χ0v) is 22.6. The van der Waals surface area contributed by atoms with Crippen LogP contribution in [0.15, 0.2) is 67.4 Å². The van der Waals surface area contributed by atoms with Crippen LogP contribution in [-0.2, 0) is 6.61 Å². The van der Waals surface area contributed by atoms with Gasteiger partial charge in [0.2, 0.25) is 6.79 Å². The largest absolute Gasteiger partial charge is 0.490 e. The van der Waals surface area contributed by atoms with Gasteiger partial charge in [0.1, 0.15) is 12.4 Å². The van der Waals surface area contributed by atoms with Gasteiger partial charge in [-0.3, -0.25) is 4.79 Å². The molecule has 8 nitrogen and oxygen atoms in total. The Morgan fingerprint density at radius 2 is 1.92 bits per heavy atom. The molecule has 0 bridgehead atoms. The highest BCUT2D eigenvalue weighted by Crippen LogP contribution is 2.38. The third-order valence-electron chi connectivity index (χ3n) is 5.44. The Labute approximate surface area is 223 Å². The molecular weight excluding hydrogens is 594 g/mol. The van der Waals surface area contributed by atoms with E-state index in [1.54, 1.807) is 25.3 Å². The summed E-state index contributed by atoms with van der Waals surface area (Å²) in [5.41, 5.74) is 2.03. The first kappa shape index (κ1) is 24.3. The number of hydrogen-bond donors (Lipinski definition) is 0. The molecule has 0 radical (unpaired) electrons. The number of fused-ring (bicyclic) bond motifs is 2. The highest BCUT2D eigenvalue weighted by atomic mass is 79.9. The molecular formula is C26H21Br2N3O5. The summed E-state index contributed by atoms with van der Waals surface area (Å²) in [5, 5.41) is 4.89. The number of benzene rings is 3. The van der Waals surface area contributed by atoms with E-state index >= 15 is 0 Å². The molecule has 4 aromatic rings. The first-order chi connectivity index (χ1) is 17.4. The predicted molar refractivity (Wildman–Crippen MR) is 144 cm³/mol. The molecule has 184 valence electrons. The van der Waals surface area contributed by atoms with E-state index in [9.17, 15) is 4.79 Å². The minimum absolute atomic E-state index is 0.223. The number of ether oxygens (including phenoxy) is 4. The van der Waals surface area contributed by atoms with Gasteiger partial charge in [0.05, 0.1) is 28.2 Å². The Balaban J connectivity index is 1.42. The van der Waals surface area contributed by atoms with Gasteiger partial charge in [0.25, 0.3) is 5.56 Å². The summed E-state index contributed by atoms with van der Waals surface area (Å²) in [6, 6.07) is 14.8. The van der Waals surface area contributed by atoms with Crippen LogP contribution in [0.4, 0.5) is 0 Å². The third kappa shape index (κ3) is 4.96. The second-order valence-corrected chi connectivity index (χ2v) is 9.69. The summed E-state index contributed by atoms with van der Waals surface area (Å²) in [6.07, 6.45) is 1.59. The van der Waals surface area contributed by atoms with Crippen LogP contribution in [0.3, 0.4) is 0 Å². The maximum absolute atomic E-state index is 13.0. The van der Waals surface area contributed by atoms with E-state index in [0.29, 0.717) is 51.7 Å². The molecule has 0 saturated carbocycles. The minimum atomic E-state index is -0.247. The second kappa shape index (κ2) is 10.3. The zero-order valence-electron chi connectivity index (χ0n) is 19.5. The van der Waals surface area contributed by atoms with Crippen molar-refractivity contribution in [2.75, 3.05) is 13.4 Å². The molecule has 0 aliphatic carbocycles. The molecule has 1 aliphatic rings. The van der Waals surface area contributed by atoms with Crippen molar-refractivity contribution >= 4 is 49.0 Å². The molecule has 0 unspecified atom stereocenters. The summed E-state index contributed by atoms with van der Waals surface area (Å²) in [5.74, 6) is 3.03. The van der Waals surface area contributed by atoms with Crippen LogP contribution in [0, 0.1) is 6.92 Å². The quantitative estimate of drug-likeness (QED) is 0.244. The molecule has 0 atom stereocenters. The fourth-order valence-electron chi connectivity index (χ4n) is 3.77. The molecule has 5 rings (SSSR count). The lowest BCUT2D eigenvalue weighted by Crippen LogP contribution is -2.20. The Morgan fingerprint density at radius 1 is 1.08 bits per heavy atom. The first-order valence-electron chi connectivity index (χ1n) is 11.1. The number of aromatic nitrogens is 2. The summed E-state index contributed by atoms with van der Waals surface area (Å²) in [6.45, 7) is 4.64. The van der Waals surface area contributed by atoms with Crippen molar-refractivity contribution in [1.29, 1.82) is 0 Å². The summed E-state index contributed by atoms with van der Waals surface area (Å²) < 4.78 is 25.5. The molecule has 10 heteroatoms. The summed E-state index contributed by atoms with van der Waals surface area (Å²) in [4.78, 5) is 17.5. The van der Waals surface area contributed by atoms with E-state index in [4.69, 9.17) is 18.9 Å². The molecule has 0 spiro atoms. The van der Waals surface area contributed by atoms with Crippen molar-refractivity contribution in [2.24, 2.45) is 5.10 Å².